The van der Waals surface area contributed by atoms with Crippen LogP contribution in [-0.4, -0.2) is 192 Å². The fourth-order valence-corrected chi connectivity index (χ4v) is 7.10. The van der Waals surface area contributed by atoms with Gasteiger partial charge in [-0.25, -0.2) is 47.9 Å². The summed E-state index contributed by atoms with van der Waals surface area (Å²) >= 11 is 0. The average Bonchev–Trinajstić information content (AvgIpc) is 0.948. The number of carbonyl (C=O) groups is 10. The van der Waals surface area contributed by atoms with E-state index in [0.29, 0.717) is 0 Å². The Hall–Kier alpha value is -5.16. The van der Waals surface area contributed by atoms with Crippen LogP contribution in [0, 0.1) is 0 Å². The van der Waals surface area contributed by atoms with Gasteiger partial charge in [0.1, 0.15) is 66.1 Å². The predicted octanol–water partition coefficient (Wildman–Crippen LogP) is -1.93. The third-order valence-electron chi connectivity index (χ3n) is 7.95. The minimum atomic E-state index is -4.96. The van der Waals surface area contributed by atoms with Crippen molar-refractivity contribution in [3.63, 3.8) is 0 Å². The summed E-state index contributed by atoms with van der Waals surface area (Å²) in [5.41, 5.74) is 0.569. The molecule has 0 unspecified atom stereocenters. The van der Waals surface area contributed by atoms with Crippen LogP contribution < -0.4 is 39.1 Å². The Kier molecular flexibility index (Phi) is 84.5. The minimum absolute atomic E-state index is 0. The van der Waals surface area contributed by atoms with Gasteiger partial charge in [0, 0.05) is 59.3 Å². The van der Waals surface area contributed by atoms with E-state index in [1.165, 1.54) is 20.8 Å². The first-order valence-electron chi connectivity index (χ1n) is 27.4. The van der Waals surface area contributed by atoms with E-state index in [1.807, 2.05) is 0 Å². The van der Waals surface area contributed by atoms with Gasteiger partial charge >= 0.3 is 128 Å². The van der Waals surface area contributed by atoms with Crippen LogP contribution in [0.5, 0.6) is 0 Å². The van der Waals surface area contributed by atoms with E-state index < -0.39 is 120 Å². The Morgan fingerprint density at radius 1 is 0.234 bits per heavy atom. The molecule has 44 nitrogen and oxygen atoms in total. The van der Waals surface area contributed by atoms with Crippen molar-refractivity contribution in [1.29, 1.82) is 0 Å². The van der Waals surface area contributed by atoms with Crippen LogP contribution in [0.4, 0.5) is 0 Å². The molecular formula is C53H76Cu4O44P6. The first kappa shape index (κ1) is 123. The number of hydrogen-bond donors (Lipinski definition) is 0. The van der Waals surface area contributed by atoms with Gasteiger partial charge in [-0.05, 0) is 20.8 Å². The maximum atomic E-state index is 11.3. The SMILES string of the molecule is C=C(C)C(=O)OCCOP(=O)([O-])OCCOC(=O)C(=C)C.C=C(C)C(=O)OCCOP(=O)([O-])[O-].C=CC(=O)OCCOP(=O)([O-])OCCOC(=O)C=C.C=CC(=O)OCCOP(=O)([O-])OCCOC(=O)C=C.C=CC(=O)OCCOP(=O)([O-])OCCOC(=O)C=C.C=CC(=O)OCCOP(=O)([O-])[O-].[Cu+2].[Cu+2].[Cu+2].[Cu+2]. The van der Waals surface area contributed by atoms with Crippen LogP contribution in [0.3, 0.4) is 0 Å². The smallest absolute Gasteiger partial charge is 0.790 e. The molecule has 0 aromatic rings. The van der Waals surface area contributed by atoms with Crippen LogP contribution in [-0.2, 0) is 236 Å². The zero-order valence-corrected chi connectivity index (χ0v) is 65.7. The van der Waals surface area contributed by atoms with Crippen LogP contribution >= 0.6 is 46.9 Å². The fourth-order valence-electron chi connectivity index (χ4n) is 3.82. The first-order valence-corrected chi connectivity index (χ1v) is 36.2. The Balaban J connectivity index is -0.000000132. The van der Waals surface area contributed by atoms with Crippen molar-refractivity contribution in [2.75, 3.05) is 132 Å². The van der Waals surface area contributed by atoms with Gasteiger partial charge in [0.15, 0.2) is 0 Å². The summed E-state index contributed by atoms with van der Waals surface area (Å²) in [7, 11) is -28.0. The van der Waals surface area contributed by atoms with Crippen LogP contribution in [0.15, 0.2) is 125 Å². The van der Waals surface area contributed by atoms with Crippen molar-refractivity contribution >= 4 is 107 Å². The van der Waals surface area contributed by atoms with Gasteiger partial charge in [0.2, 0.25) is 0 Å². The van der Waals surface area contributed by atoms with E-state index in [2.05, 4.69) is 158 Å². The molecule has 0 N–H and O–H groups in total. The topological polar surface area (TPSA) is 642 Å². The maximum Gasteiger partial charge on any atom is 2.00 e. The summed E-state index contributed by atoms with van der Waals surface area (Å²) in [5.74, 6) is -6.81. The molecule has 0 amide bonds. The molecule has 107 heavy (non-hydrogen) atoms. The summed E-state index contributed by atoms with van der Waals surface area (Å²) in [4.78, 5) is 191. The number of phosphoric acid groups is 6. The molecule has 0 fully saturated rings. The number of phosphoric ester groups is 6. The molecule has 0 aromatic heterocycles. The molecule has 0 atom stereocenters. The second-order valence-electron chi connectivity index (χ2n) is 16.4. The zero-order valence-electron chi connectivity index (χ0n) is 56.6. The van der Waals surface area contributed by atoms with Crippen LogP contribution in [0.2, 0.25) is 0 Å². The van der Waals surface area contributed by atoms with Crippen LogP contribution in [0.25, 0.3) is 0 Å². The van der Waals surface area contributed by atoms with Crippen molar-refractivity contribution in [1.82, 2.24) is 0 Å². The third-order valence-corrected chi connectivity index (χ3v) is 12.9. The molecule has 0 spiro atoms. The monoisotopic (exact) mass is 1850 g/mol. The van der Waals surface area contributed by atoms with Crippen molar-refractivity contribution < 1.29 is 275 Å². The Morgan fingerprint density at radius 2 is 0.346 bits per heavy atom. The van der Waals surface area contributed by atoms with Gasteiger partial charge in [-0.2, -0.15) is 0 Å². The largest absolute Gasteiger partial charge is 2.00 e. The summed E-state index contributed by atoms with van der Waals surface area (Å²) < 4.78 is 152. The molecule has 0 saturated heterocycles. The summed E-state index contributed by atoms with van der Waals surface area (Å²) in [6.45, 7) is 29.7. The van der Waals surface area contributed by atoms with Gasteiger partial charge in [0.05, 0.1) is 81.7 Å². The molecule has 0 saturated carbocycles. The standard InChI is InChI=1S/C12H19O8P.3C10H15O8P.C6H11O6P.C5H9O6P.4Cu/c1-9(2)11(13)17-5-7-19-21(15,16)20-8-6-18-12(14)10(3)4;3*1-3-9(11)15-5-7-17-19(13,14)18-8-6-16-10(12)4-2;1-5(2)6(7)11-3-4-12-13(8,9)10;1-2-5(6)10-3-4-11-12(7,8)9;;;;/h1,3,5-8H2,2,4H3,(H,15,16);3*3-4H,1-2,5-8H2,(H,13,14);1,3-4H2,2H3,(H2,8,9,10);2H,1,3-4H2,(H2,7,8,9);;;;/q;;;;;;4*+2/p-8. The van der Waals surface area contributed by atoms with Crippen molar-refractivity contribution in [3.05, 3.63) is 125 Å². The average molecular weight is 1860 g/mol. The second-order valence-corrected chi connectivity index (χ2v) is 24.3. The summed E-state index contributed by atoms with van der Waals surface area (Å²) in [5, 5.41) is 0. The minimum Gasteiger partial charge on any atom is -0.790 e. The summed E-state index contributed by atoms with van der Waals surface area (Å²) in [6.07, 6.45) is 6.50. The van der Waals surface area contributed by atoms with E-state index in [-0.39, 0.29) is 204 Å². The summed E-state index contributed by atoms with van der Waals surface area (Å²) in [6, 6.07) is 0. The molecule has 626 valence electrons. The van der Waals surface area contributed by atoms with Crippen molar-refractivity contribution in [2.45, 2.75) is 20.8 Å². The van der Waals surface area contributed by atoms with E-state index >= 15 is 0 Å². The quantitative estimate of drug-likeness (QED) is 0.0160. The number of esters is 10. The number of ether oxygens (including phenoxy) is 10. The molecular weight excluding hydrogens is 1780 g/mol. The van der Waals surface area contributed by atoms with Gasteiger partial charge in [-0.3, -0.25) is 18.3 Å². The van der Waals surface area contributed by atoms with E-state index in [4.69, 9.17) is 0 Å². The molecule has 0 aliphatic rings. The molecule has 0 aliphatic carbocycles. The molecule has 4 radical (unpaired) electrons. The van der Waals surface area contributed by atoms with Crippen molar-refractivity contribution in [2.24, 2.45) is 0 Å². The number of hydrogen-bond acceptors (Lipinski definition) is 44. The Bertz CT molecular complexity index is 2770. The van der Waals surface area contributed by atoms with Crippen LogP contribution in [0.1, 0.15) is 20.8 Å². The molecule has 0 aromatic carbocycles. The molecule has 0 heterocycles. The normalized spacial score (nSPS) is 10.3. The number of carbonyl (C=O) groups excluding carboxylic acids is 10. The van der Waals surface area contributed by atoms with Gasteiger partial charge in [-0.1, -0.05) is 65.8 Å². The fraction of sp³-hybridized carbons (Fsp3) is 0.434. The van der Waals surface area contributed by atoms with Gasteiger partial charge in [-0.15, -0.1) is 0 Å². The third kappa shape index (κ3) is 96.9. The zero-order chi connectivity index (χ0) is 80.7. The van der Waals surface area contributed by atoms with E-state index in [9.17, 15) is 114 Å². The second kappa shape index (κ2) is 73.6. The molecule has 0 bridgehead atoms. The van der Waals surface area contributed by atoms with E-state index in [1.54, 1.807) is 0 Å². The Labute approximate surface area is 656 Å². The van der Waals surface area contributed by atoms with Gasteiger partial charge in [0.25, 0.3) is 31.3 Å². The first-order chi connectivity index (χ1) is 47.7. The van der Waals surface area contributed by atoms with Crippen molar-refractivity contribution in [3.8, 4) is 0 Å². The Morgan fingerprint density at radius 3 is 0.449 bits per heavy atom. The van der Waals surface area contributed by atoms with E-state index in [0.717, 1.165) is 42.5 Å². The number of rotatable bonds is 50. The predicted molar refractivity (Wildman–Crippen MR) is 331 cm³/mol. The van der Waals surface area contributed by atoms with Gasteiger partial charge < -0.3 is 141 Å². The maximum absolute atomic E-state index is 11.3. The molecule has 0 aliphatic heterocycles. The molecule has 0 rings (SSSR count). The molecule has 54 heteroatoms.